The third kappa shape index (κ3) is 5.87. The van der Waals surface area contributed by atoms with Crippen molar-refractivity contribution in [3.05, 3.63) is 150 Å². The van der Waals surface area contributed by atoms with Crippen molar-refractivity contribution in [1.82, 2.24) is 28.5 Å². The van der Waals surface area contributed by atoms with Gasteiger partial charge in [-0.3, -0.25) is 19.8 Å². The lowest BCUT2D eigenvalue weighted by atomic mass is 9.53. The lowest BCUT2D eigenvalue weighted by Gasteiger charge is -2.49. The minimum Gasteiger partial charge on any atom is -0.508 e. The van der Waals surface area contributed by atoms with Crippen molar-refractivity contribution in [2.75, 3.05) is 26.8 Å². The molecule has 3 aliphatic rings. The third-order valence-corrected chi connectivity index (χ3v) is 12.5. The van der Waals surface area contributed by atoms with E-state index in [-0.39, 0.29) is 43.1 Å². The number of aromatic hydroxyl groups is 1. The second kappa shape index (κ2) is 14.7. The molecule has 2 fully saturated rings. The fourth-order valence-electron chi connectivity index (χ4n) is 9.62. The standard InChI is InChI=1S/C45H43N7O9/c1-25-11-13-27(14-12-25)47-51-40(54)31-22-34-29(39(30-16-15-28(53)21-36(30)59-3)45(31,42(51)56)26-9-7-6-8-10-26)17-20-50-43(57)49(44(58)52(34)50)19-18-32-41(55)48(2)35-24-38(61-5)37(60-4)23-33(35)46-32/h6-17,21,23-24,31,34,39,47,53H,18-20,22H2,1-5H3. The Morgan fingerprint density at radius 2 is 1.56 bits per heavy atom. The van der Waals surface area contributed by atoms with E-state index in [1.165, 1.54) is 47.4 Å². The van der Waals surface area contributed by atoms with Crippen LogP contribution >= 0.6 is 0 Å². The number of benzene rings is 4. The van der Waals surface area contributed by atoms with E-state index in [1.54, 1.807) is 37.4 Å². The summed E-state index contributed by atoms with van der Waals surface area (Å²) in [5.74, 6) is -1.88. The highest BCUT2D eigenvalue weighted by atomic mass is 16.5. The molecule has 1 saturated heterocycles. The van der Waals surface area contributed by atoms with Gasteiger partial charge in [-0.05, 0) is 42.7 Å². The van der Waals surface area contributed by atoms with Crippen molar-refractivity contribution in [2.45, 2.75) is 50.2 Å². The fraction of sp³-hybridized carbons (Fsp3) is 0.289. The number of anilines is 1. The number of rotatable bonds is 10. The van der Waals surface area contributed by atoms with E-state index < -0.39 is 52.0 Å². The van der Waals surface area contributed by atoms with Crippen molar-refractivity contribution in [2.24, 2.45) is 13.0 Å². The lowest BCUT2D eigenvalue weighted by molar-refractivity contribution is -0.138. The molecular weight excluding hydrogens is 783 g/mol. The predicted molar refractivity (Wildman–Crippen MR) is 224 cm³/mol. The number of allylic oxidation sites excluding steroid dienone is 2. The van der Waals surface area contributed by atoms with Gasteiger partial charge in [0.1, 0.15) is 17.2 Å². The zero-order valence-corrected chi connectivity index (χ0v) is 34.1. The highest BCUT2D eigenvalue weighted by Gasteiger charge is 2.69. The molecule has 2 N–H and O–H groups in total. The van der Waals surface area contributed by atoms with Gasteiger partial charge in [-0.15, -0.1) is 0 Å². The monoisotopic (exact) mass is 825 g/mol. The Morgan fingerprint density at radius 1 is 0.852 bits per heavy atom. The van der Waals surface area contributed by atoms with Gasteiger partial charge in [0, 0.05) is 49.7 Å². The third-order valence-electron chi connectivity index (χ3n) is 12.5. The Morgan fingerprint density at radius 3 is 2.26 bits per heavy atom. The van der Waals surface area contributed by atoms with Crippen LogP contribution < -0.4 is 36.6 Å². The summed E-state index contributed by atoms with van der Waals surface area (Å²) >= 11 is 0. The number of hydrogen-bond acceptors (Lipinski definition) is 11. The minimum atomic E-state index is -1.55. The van der Waals surface area contributed by atoms with Crippen LogP contribution in [0.25, 0.3) is 11.0 Å². The largest absolute Gasteiger partial charge is 0.508 e. The number of phenolic OH excluding ortho intramolecular Hbond substituents is 1. The average molecular weight is 826 g/mol. The van der Waals surface area contributed by atoms with Crippen molar-refractivity contribution < 1.29 is 28.9 Å². The van der Waals surface area contributed by atoms with E-state index in [0.717, 1.165) is 15.1 Å². The summed E-state index contributed by atoms with van der Waals surface area (Å²) < 4.78 is 22.0. The number of hydrogen-bond donors (Lipinski definition) is 2. The molecule has 9 rings (SSSR count). The van der Waals surface area contributed by atoms with Crippen LogP contribution in [0.15, 0.2) is 111 Å². The molecule has 1 saturated carbocycles. The summed E-state index contributed by atoms with van der Waals surface area (Å²) in [5, 5.41) is 11.7. The summed E-state index contributed by atoms with van der Waals surface area (Å²) in [6, 6.07) is 23.5. The number of carbonyl (C=O) groups excluding carboxylic acids is 2. The number of nitrogens with one attached hydrogen (secondary N) is 1. The summed E-state index contributed by atoms with van der Waals surface area (Å²) in [5.41, 5.74) is 4.27. The maximum absolute atomic E-state index is 15.4. The molecule has 4 heterocycles. The first kappa shape index (κ1) is 39.1. The van der Waals surface area contributed by atoms with Crippen LogP contribution in [0.4, 0.5) is 5.69 Å². The van der Waals surface area contributed by atoms with E-state index in [1.807, 2.05) is 55.5 Å². The Hall–Kier alpha value is -7.36. The predicted octanol–water partition coefficient (Wildman–Crippen LogP) is 3.96. The van der Waals surface area contributed by atoms with E-state index in [9.17, 15) is 24.3 Å². The highest BCUT2D eigenvalue weighted by Crippen LogP contribution is 2.63. The summed E-state index contributed by atoms with van der Waals surface area (Å²) in [6.45, 7) is 1.75. The van der Waals surface area contributed by atoms with Gasteiger partial charge in [-0.1, -0.05) is 60.2 Å². The Labute approximate surface area is 348 Å². The number of imide groups is 1. The van der Waals surface area contributed by atoms with E-state index >= 15 is 4.79 Å². The van der Waals surface area contributed by atoms with Crippen molar-refractivity contribution in [3.63, 3.8) is 0 Å². The molecule has 2 aliphatic heterocycles. The molecule has 312 valence electrons. The molecule has 6 aromatic rings. The van der Waals surface area contributed by atoms with Crippen LogP contribution in [-0.4, -0.2) is 66.7 Å². The number of aromatic nitrogens is 5. The van der Waals surface area contributed by atoms with Crippen LogP contribution in [-0.2, 0) is 41.6 Å². The van der Waals surface area contributed by atoms with Gasteiger partial charge in [0.15, 0.2) is 11.5 Å². The Kier molecular flexibility index (Phi) is 9.44. The average Bonchev–Trinajstić information content (AvgIpc) is 3.64. The van der Waals surface area contributed by atoms with E-state index in [0.29, 0.717) is 44.9 Å². The SMILES string of the molecule is COc1cc2nc(CCn3c(=O)n4n(c3=O)C3CC5C(=O)N(Nc6ccc(C)cc6)C(=O)C5(c5ccccc5)C(c5ccc(O)cc5OC)C3=CC4)c(=O)n(C)c2cc1OC. The van der Waals surface area contributed by atoms with Gasteiger partial charge in [0.25, 0.3) is 17.4 Å². The summed E-state index contributed by atoms with van der Waals surface area (Å²) in [4.78, 5) is 77.4. The fourth-order valence-corrected chi connectivity index (χ4v) is 9.62. The summed E-state index contributed by atoms with van der Waals surface area (Å²) in [7, 11) is 6.06. The number of methoxy groups -OCH3 is 3. The first-order chi connectivity index (χ1) is 29.4. The summed E-state index contributed by atoms with van der Waals surface area (Å²) in [6.07, 6.45) is 1.81. The number of nitrogens with zero attached hydrogens (tertiary/aromatic N) is 6. The van der Waals surface area contributed by atoms with E-state index in [4.69, 9.17) is 14.2 Å². The highest BCUT2D eigenvalue weighted by molar-refractivity contribution is 6.12. The van der Waals surface area contributed by atoms with Gasteiger partial charge in [0.05, 0.1) is 62.0 Å². The smallest absolute Gasteiger partial charge is 0.347 e. The molecule has 0 bridgehead atoms. The molecule has 16 nitrogen and oxygen atoms in total. The second-order valence-corrected chi connectivity index (χ2v) is 15.6. The first-order valence-corrected chi connectivity index (χ1v) is 19.8. The first-order valence-electron chi connectivity index (χ1n) is 19.8. The molecule has 2 amide bonds. The molecule has 0 radical (unpaired) electrons. The quantitative estimate of drug-likeness (QED) is 0.151. The molecule has 61 heavy (non-hydrogen) atoms. The molecule has 4 unspecified atom stereocenters. The Bertz CT molecular complexity index is 2980. The zero-order chi connectivity index (χ0) is 42.9. The van der Waals surface area contributed by atoms with Gasteiger partial charge in [-0.2, -0.15) is 5.01 Å². The number of carbonyl (C=O) groups is 2. The topological polar surface area (TPSA) is 181 Å². The molecule has 1 aliphatic carbocycles. The van der Waals surface area contributed by atoms with Gasteiger partial charge >= 0.3 is 11.4 Å². The minimum absolute atomic E-state index is 0.00426. The van der Waals surface area contributed by atoms with Gasteiger partial charge < -0.3 is 23.9 Å². The molecule has 16 heteroatoms. The van der Waals surface area contributed by atoms with Crippen LogP contribution in [0.3, 0.4) is 0 Å². The number of ether oxygens (including phenoxy) is 3. The molecular formula is C45H43N7O9. The molecule has 4 atom stereocenters. The van der Waals surface area contributed by atoms with Crippen LogP contribution in [0.5, 0.6) is 23.0 Å². The van der Waals surface area contributed by atoms with Crippen LogP contribution in [0.1, 0.15) is 40.8 Å². The molecule has 0 spiro atoms. The lowest BCUT2D eigenvalue weighted by Crippen LogP contribution is -2.53. The van der Waals surface area contributed by atoms with Gasteiger partial charge in [-0.25, -0.2) is 28.5 Å². The van der Waals surface area contributed by atoms with Gasteiger partial charge in [0.2, 0.25) is 0 Å². The maximum atomic E-state index is 15.4. The van der Waals surface area contributed by atoms with Crippen molar-refractivity contribution >= 4 is 28.5 Å². The number of amides is 2. The maximum Gasteiger partial charge on any atom is 0.347 e. The number of hydrazine groups is 1. The van der Waals surface area contributed by atoms with Crippen LogP contribution in [0.2, 0.25) is 0 Å². The Balaban J connectivity index is 1.17. The van der Waals surface area contributed by atoms with Crippen molar-refractivity contribution in [1.29, 1.82) is 0 Å². The van der Waals surface area contributed by atoms with Crippen LogP contribution in [0, 0.1) is 12.8 Å². The molecule has 2 aromatic heterocycles. The van der Waals surface area contributed by atoms with E-state index in [2.05, 4.69) is 10.4 Å². The number of phenols is 1. The number of fused-ring (bicyclic) bond motifs is 5. The normalized spacial score (nSPS) is 20.5. The number of aryl methyl sites for hydroxylation is 3. The zero-order valence-electron chi connectivity index (χ0n) is 34.1. The molecule has 4 aromatic carbocycles. The van der Waals surface area contributed by atoms with Crippen molar-refractivity contribution in [3.8, 4) is 23.0 Å². The second-order valence-electron chi connectivity index (χ2n) is 15.6.